The minimum absolute atomic E-state index is 0.0484. The van der Waals surface area contributed by atoms with E-state index < -0.39 is 0 Å². The summed E-state index contributed by atoms with van der Waals surface area (Å²) in [5.41, 5.74) is 0.904. The Morgan fingerprint density at radius 3 is 2.79 bits per heavy atom. The van der Waals surface area contributed by atoms with Crippen LogP contribution in [-0.2, 0) is 4.74 Å². The molecule has 5 nitrogen and oxygen atoms in total. The SMILES string of the molecule is CCNc1nc(C)c(C(=O)N(C)CC2(C)COC2)s1. The largest absolute Gasteiger partial charge is 0.380 e. The number of thiazole rings is 1. The highest BCUT2D eigenvalue weighted by molar-refractivity contribution is 7.17. The van der Waals surface area contributed by atoms with Crippen LogP contribution >= 0.6 is 11.3 Å². The van der Waals surface area contributed by atoms with Gasteiger partial charge in [0.15, 0.2) is 5.13 Å². The van der Waals surface area contributed by atoms with Gasteiger partial charge in [-0.1, -0.05) is 18.3 Å². The molecule has 0 saturated carbocycles. The molecular weight excluding hydrogens is 262 g/mol. The van der Waals surface area contributed by atoms with E-state index in [2.05, 4.69) is 17.2 Å². The van der Waals surface area contributed by atoms with Gasteiger partial charge in [0, 0.05) is 25.6 Å². The molecule has 0 aromatic carbocycles. The first-order valence-corrected chi connectivity index (χ1v) is 7.31. The van der Waals surface area contributed by atoms with Crippen molar-refractivity contribution in [3.63, 3.8) is 0 Å². The third-order valence-corrected chi connectivity index (χ3v) is 4.29. The van der Waals surface area contributed by atoms with Crippen molar-refractivity contribution < 1.29 is 9.53 Å². The van der Waals surface area contributed by atoms with Gasteiger partial charge in [0.05, 0.1) is 18.9 Å². The van der Waals surface area contributed by atoms with Crippen LogP contribution < -0.4 is 5.32 Å². The molecule has 19 heavy (non-hydrogen) atoms. The minimum atomic E-state index is 0.0484. The molecule has 1 aliphatic heterocycles. The summed E-state index contributed by atoms with van der Waals surface area (Å²) in [5, 5.41) is 3.96. The van der Waals surface area contributed by atoms with E-state index in [0.717, 1.165) is 42.0 Å². The first-order valence-electron chi connectivity index (χ1n) is 6.50. The summed E-state index contributed by atoms with van der Waals surface area (Å²) in [6.45, 7) is 9.04. The number of rotatable bonds is 5. The smallest absolute Gasteiger partial charge is 0.265 e. The van der Waals surface area contributed by atoms with Gasteiger partial charge in [-0.3, -0.25) is 4.79 Å². The van der Waals surface area contributed by atoms with Gasteiger partial charge in [-0.15, -0.1) is 0 Å². The summed E-state index contributed by atoms with van der Waals surface area (Å²) < 4.78 is 5.23. The predicted octanol–water partition coefficient (Wildman–Crippen LogP) is 1.99. The van der Waals surface area contributed by atoms with Crippen LogP contribution in [0.1, 0.15) is 29.2 Å². The lowest BCUT2D eigenvalue weighted by Gasteiger charge is -2.40. The summed E-state index contributed by atoms with van der Waals surface area (Å²) in [5.74, 6) is 0.0484. The van der Waals surface area contributed by atoms with Crippen LogP contribution in [0.2, 0.25) is 0 Å². The van der Waals surface area contributed by atoms with Gasteiger partial charge in [0.2, 0.25) is 0 Å². The van der Waals surface area contributed by atoms with Crippen LogP contribution in [0.3, 0.4) is 0 Å². The number of ether oxygens (including phenoxy) is 1. The number of carbonyl (C=O) groups is 1. The number of nitrogens with one attached hydrogen (secondary N) is 1. The Kier molecular flexibility index (Phi) is 4.10. The third kappa shape index (κ3) is 3.06. The minimum Gasteiger partial charge on any atom is -0.380 e. The maximum Gasteiger partial charge on any atom is 0.265 e. The molecule has 2 rings (SSSR count). The average Bonchev–Trinajstić information content (AvgIpc) is 2.67. The van der Waals surface area contributed by atoms with E-state index >= 15 is 0 Å². The number of aryl methyl sites for hydroxylation is 1. The van der Waals surface area contributed by atoms with Crippen LogP contribution in [0.5, 0.6) is 0 Å². The Morgan fingerprint density at radius 1 is 1.58 bits per heavy atom. The van der Waals surface area contributed by atoms with Crippen molar-refractivity contribution in [2.75, 3.05) is 38.7 Å². The molecule has 1 fully saturated rings. The quantitative estimate of drug-likeness (QED) is 0.898. The zero-order chi connectivity index (χ0) is 14.0. The van der Waals surface area contributed by atoms with Gasteiger partial charge < -0.3 is 15.0 Å². The highest BCUT2D eigenvalue weighted by Gasteiger charge is 2.36. The molecule has 106 valence electrons. The maximum atomic E-state index is 12.4. The molecule has 0 bridgehead atoms. The Hall–Kier alpha value is -1.14. The molecule has 1 amide bonds. The number of hydrogen-bond acceptors (Lipinski definition) is 5. The molecule has 0 unspecified atom stereocenters. The first kappa shape index (κ1) is 14.3. The maximum absolute atomic E-state index is 12.4. The van der Waals surface area contributed by atoms with Gasteiger partial charge in [-0.2, -0.15) is 0 Å². The van der Waals surface area contributed by atoms with Crippen molar-refractivity contribution in [3.05, 3.63) is 10.6 Å². The van der Waals surface area contributed by atoms with E-state index in [1.165, 1.54) is 11.3 Å². The molecule has 1 aromatic rings. The Morgan fingerprint density at radius 2 is 2.26 bits per heavy atom. The van der Waals surface area contributed by atoms with Crippen molar-refractivity contribution in [1.82, 2.24) is 9.88 Å². The van der Waals surface area contributed by atoms with E-state index in [1.807, 2.05) is 20.9 Å². The predicted molar refractivity (Wildman–Crippen MR) is 76.9 cm³/mol. The molecule has 1 N–H and O–H groups in total. The molecule has 1 aromatic heterocycles. The second kappa shape index (κ2) is 5.46. The van der Waals surface area contributed by atoms with Gasteiger partial charge >= 0.3 is 0 Å². The summed E-state index contributed by atoms with van der Waals surface area (Å²) in [7, 11) is 1.85. The highest BCUT2D eigenvalue weighted by atomic mass is 32.1. The van der Waals surface area contributed by atoms with Gasteiger partial charge in [0.1, 0.15) is 4.88 Å². The van der Waals surface area contributed by atoms with Crippen LogP contribution in [0.25, 0.3) is 0 Å². The lowest BCUT2D eigenvalue weighted by molar-refractivity contribution is -0.109. The van der Waals surface area contributed by atoms with Gasteiger partial charge in [-0.05, 0) is 13.8 Å². The van der Waals surface area contributed by atoms with Crippen molar-refractivity contribution in [2.24, 2.45) is 5.41 Å². The molecule has 0 radical (unpaired) electrons. The van der Waals surface area contributed by atoms with Crippen molar-refractivity contribution in [3.8, 4) is 0 Å². The van der Waals surface area contributed by atoms with Gasteiger partial charge in [-0.25, -0.2) is 4.98 Å². The number of anilines is 1. The van der Waals surface area contributed by atoms with Crippen LogP contribution in [0, 0.1) is 12.3 Å². The van der Waals surface area contributed by atoms with E-state index in [4.69, 9.17) is 4.74 Å². The molecule has 1 aliphatic rings. The topological polar surface area (TPSA) is 54.5 Å². The third-order valence-electron chi connectivity index (χ3n) is 3.19. The fourth-order valence-corrected chi connectivity index (χ4v) is 3.21. The van der Waals surface area contributed by atoms with Gasteiger partial charge in [0.25, 0.3) is 5.91 Å². The second-order valence-electron chi connectivity index (χ2n) is 5.43. The monoisotopic (exact) mass is 283 g/mol. The fourth-order valence-electron chi connectivity index (χ4n) is 2.18. The summed E-state index contributed by atoms with van der Waals surface area (Å²) in [6, 6.07) is 0. The fraction of sp³-hybridized carbons (Fsp3) is 0.692. The first-order chi connectivity index (χ1) is 8.95. The lowest BCUT2D eigenvalue weighted by atomic mass is 9.88. The summed E-state index contributed by atoms with van der Waals surface area (Å²) >= 11 is 1.43. The summed E-state index contributed by atoms with van der Waals surface area (Å²) in [6.07, 6.45) is 0. The number of amides is 1. The van der Waals surface area contributed by atoms with E-state index in [-0.39, 0.29) is 11.3 Å². The van der Waals surface area contributed by atoms with Crippen molar-refractivity contribution >= 4 is 22.4 Å². The summed E-state index contributed by atoms with van der Waals surface area (Å²) in [4.78, 5) is 19.3. The van der Waals surface area contributed by atoms with E-state index in [1.54, 1.807) is 4.90 Å². The van der Waals surface area contributed by atoms with Crippen LogP contribution in [0.4, 0.5) is 5.13 Å². The Bertz CT molecular complexity index is 468. The number of carbonyl (C=O) groups excluding carboxylic acids is 1. The number of hydrogen-bond donors (Lipinski definition) is 1. The van der Waals surface area contributed by atoms with Crippen LogP contribution in [0.15, 0.2) is 0 Å². The molecular formula is C13H21N3O2S. The average molecular weight is 283 g/mol. The second-order valence-corrected chi connectivity index (χ2v) is 6.43. The van der Waals surface area contributed by atoms with Crippen molar-refractivity contribution in [1.29, 1.82) is 0 Å². The Labute approximate surface area is 118 Å². The molecule has 2 heterocycles. The molecule has 0 aliphatic carbocycles. The van der Waals surface area contributed by atoms with E-state index in [9.17, 15) is 4.79 Å². The Balaban J connectivity index is 2.05. The molecule has 6 heteroatoms. The highest BCUT2D eigenvalue weighted by Crippen LogP contribution is 2.29. The van der Waals surface area contributed by atoms with Crippen molar-refractivity contribution in [2.45, 2.75) is 20.8 Å². The van der Waals surface area contributed by atoms with Crippen LogP contribution in [-0.4, -0.2) is 49.1 Å². The lowest BCUT2D eigenvalue weighted by Crippen LogP contribution is -2.49. The molecule has 1 saturated heterocycles. The zero-order valence-electron chi connectivity index (χ0n) is 11.9. The molecule has 0 atom stereocenters. The molecule has 0 spiro atoms. The number of nitrogens with zero attached hydrogens (tertiary/aromatic N) is 2. The number of aromatic nitrogens is 1. The standard InChI is InChI=1S/C13H21N3O2S/c1-5-14-12-15-9(2)10(19-12)11(17)16(4)6-13(3)7-18-8-13/h5-8H2,1-4H3,(H,14,15). The zero-order valence-corrected chi connectivity index (χ0v) is 12.8. The normalized spacial score (nSPS) is 16.8. The van der Waals surface area contributed by atoms with E-state index in [0.29, 0.717) is 0 Å².